The number of hydrogen-bond acceptors (Lipinski definition) is 1. The van der Waals surface area contributed by atoms with Crippen LogP contribution in [-0.2, 0) is 0 Å². The molecule has 0 aromatic heterocycles. The van der Waals surface area contributed by atoms with E-state index in [0.29, 0.717) is 6.04 Å². The van der Waals surface area contributed by atoms with E-state index in [1.165, 1.54) is 44.1 Å². The average molecular weight is 183 g/mol. The van der Waals surface area contributed by atoms with Crippen molar-refractivity contribution in [2.75, 3.05) is 0 Å². The molecular weight excluding hydrogens is 158 g/mol. The summed E-state index contributed by atoms with van der Waals surface area (Å²) in [5, 5.41) is 0. The maximum atomic E-state index is 5.92. The van der Waals surface area contributed by atoms with Crippen molar-refractivity contribution in [2.24, 2.45) is 5.73 Å². The molecule has 13 heavy (non-hydrogen) atoms. The van der Waals surface area contributed by atoms with Crippen molar-refractivity contribution >= 4 is 0 Å². The van der Waals surface area contributed by atoms with Gasteiger partial charge in [-0.05, 0) is 39.5 Å². The third kappa shape index (κ3) is 8.04. The van der Waals surface area contributed by atoms with Crippen LogP contribution >= 0.6 is 0 Å². The molecule has 0 heterocycles. The summed E-state index contributed by atoms with van der Waals surface area (Å²) in [5.41, 5.74) is 7.42. The Kier molecular flexibility index (Phi) is 8.11. The van der Waals surface area contributed by atoms with E-state index in [1.54, 1.807) is 0 Å². The maximum absolute atomic E-state index is 5.92. The summed E-state index contributed by atoms with van der Waals surface area (Å²) in [4.78, 5) is 0. The highest BCUT2D eigenvalue weighted by Crippen LogP contribution is 2.10. The van der Waals surface area contributed by atoms with E-state index >= 15 is 0 Å². The van der Waals surface area contributed by atoms with Crippen LogP contribution in [0.15, 0.2) is 11.6 Å². The van der Waals surface area contributed by atoms with Gasteiger partial charge < -0.3 is 5.73 Å². The number of rotatable bonds is 7. The maximum Gasteiger partial charge on any atom is 0.00387 e. The molecule has 1 atom stereocenters. The third-order valence-electron chi connectivity index (χ3n) is 2.55. The van der Waals surface area contributed by atoms with Gasteiger partial charge >= 0.3 is 0 Å². The van der Waals surface area contributed by atoms with E-state index in [0.717, 1.165) is 0 Å². The lowest BCUT2D eigenvalue weighted by Crippen LogP contribution is -2.18. The first-order chi connectivity index (χ1) is 6.20. The minimum Gasteiger partial charge on any atom is -0.328 e. The van der Waals surface area contributed by atoms with E-state index in [1.807, 2.05) is 0 Å². The smallest absolute Gasteiger partial charge is 0.00387 e. The summed E-state index contributed by atoms with van der Waals surface area (Å²) in [6.07, 6.45) is 9.63. The topological polar surface area (TPSA) is 26.0 Å². The zero-order valence-corrected chi connectivity index (χ0v) is 9.47. The zero-order chi connectivity index (χ0) is 10.1. The minimum absolute atomic E-state index is 0.441. The van der Waals surface area contributed by atoms with Gasteiger partial charge in [0.15, 0.2) is 0 Å². The Bertz CT molecular complexity index is 138. The largest absolute Gasteiger partial charge is 0.328 e. The second kappa shape index (κ2) is 8.31. The summed E-state index contributed by atoms with van der Waals surface area (Å²) >= 11 is 0. The van der Waals surface area contributed by atoms with Crippen LogP contribution in [-0.4, -0.2) is 6.04 Å². The second-order valence-electron chi connectivity index (χ2n) is 3.93. The molecule has 0 spiro atoms. The average Bonchev–Trinajstić information content (AvgIpc) is 2.12. The summed E-state index contributed by atoms with van der Waals surface area (Å²) in [6, 6.07) is 0.441. The number of nitrogens with two attached hydrogens (primary N) is 1. The van der Waals surface area contributed by atoms with Gasteiger partial charge in [0.1, 0.15) is 0 Å². The lowest BCUT2D eigenvalue weighted by molar-refractivity contribution is 0.526. The van der Waals surface area contributed by atoms with E-state index in [9.17, 15) is 0 Å². The Morgan fingerprint density at radius 1 is 1.31 bits per heavy atom. The number of unbranched alkanes of at least 4 members (excludes halogenated alkanes) is 1. The fraction of sp³-hybridized carbons (Fsp3) is 0.833. The molecule has 0 rings (SSSR count). The monoisotopic (exact) mass is 183 g/mol. The van der Waals surface area contributed by atoms with Gasteiger partial charge in [-0.15, -0.1) is 0 Å². The molecule has 0 radical (unpaired) electrons. The fourth-order valence-corrected chi connectivity index (χ4v) is 1.47. The van der Waals surface area contributed by atoms with E-state index in [2.05, 4.69) is 26.8 Å². The van der Waals surface area contributed by atoms with Crippen LogP contribution in [0.25, 0.3) is 0 Å². The van der Waals surface area contributed by atoms with Crippen LogP contribution in [0.2, 0.25) is 0 Å². The molecule has 0 aromatic carbocycles. The highest BCUT2D eigenvalue weighted by atomic mass is 14.6. The molecular formula is C12H25N. The Morgan fingerprint density at radius 2 is 2.00 bits per heavy atom. The molecule has 0 bridgehead atoms. The van der Waals surface area contributed by atoms with Gasteiger partial charge in [-0.3, -0.25) is 0 Å². The molecule has 0 aliphatic heterocycles. The molecule has 1 unspecified atom stereocenters. The van der Waals surface area contributed by atoms with Crippen molar-refractivity contribution in [3.8, 4) is 0 Å². The molecule has 0 aliphatic rings. The fourth-order valence-electron chi connectivity index (χ4n) is 1.47. The van der Waals surface area contributed by atoms with Crippen LogP contribution in [0.4, 0.5) is 0 Å². The van der Waals surface area contributed by atoms with Gasteiger partial charge in [-0.2, -0.15) is 0 Å². The molecule has 78 valence electrons. The molecule has 0 aromatic rings. The molecule has 0 saturated carbocycles. The number of hydrogen-bond donors (Lipinski definition) is 1. The minimum atomic E-state index is 0.441. The van der Waals surface area contributed by atoms with E-state index in [4.69, 9.17) is 5.73 Å². The standard InChI is InChI=1S/C12H25N/c1-4-8-12(13)10-7-6-9-11(3)5-2/h5,12H,4,6-10,13H2,1-3H3. The zero-order valence-electron chi connectivity index (χ0n) is 9.47. The quantitative estimate of drug-likeness (QED) is 0.473. The first-order valence-electron chi connectivity index (χ1n) is 5.58. The van der Waals surface area contributed by atoms with Crippen LogP contribution in [0, 0.1) is 0 Å². The molecule has 0 aliphatic carbocycles. The Balaban J connectivity index is 3.25. The van der Waals surface area contributed by atoms with E-state index in [-0.39, 0.29) is 0 Å². The van der Waals surface area contributed by atoms with E-state index < -0.39 is 0 Å². The summed E-state index contributed by atoms with van der Waals surface area (Å²) in [7, 11) is 0. The highest BCUT2D eigenvalue weighted by molar-refractivity contribution is 4.94. The van der Waals surface area contributed by atoms with Crippen LogP contribution in [0.3, 0.4) is 0 Å². The van der Waals surface area contributed by atoms with Crippen molar-refractivity contribution < 1.29 is 0 Å². The molecule has 0 saturated heterocycles. The van der Waals surface area contributed by atoms with Crippen molar-refractivity contribution in [3.63, 3.8) is 0 Å². The van der Waals surface area contributed by atoms with Gasteiger partial charge in [-0.1, -0.05) is 31.4 Å². The Morgan fingerprint density at radius 3 is 2.54 bits per heavy atom. The predicted molar refractivity (Wildman–Crippen MR) is 60.8 cm³/mol. The SMILES string of the molecule is CC=C(C)CCCCC(N)CCC. The predicted octanol–water partition coefficient (Wildman–Crippen LogP) is 3.64. The van der Waals surface area contributed by atoms with Gasteiger partial charge in [0.2, 0.25) is 0 Å². The summed E-state index contributed by atoms with van der Waals surface area (Å²) < 4.78 is 0. The first-order valence-corrected chi connectivity index (χ1v) is 5.58. The van der Waals surface area contributed by atoms with Crippen LogP contribution in [0.1, 0.15) is 59.3 Å². The Labute approximate surface area is 83.4 Å². The molecule has 1 nitrogen and oxygen atoms in total. The lowest BCUT2D eigenvalue weighted by Gasteiger charge is -2.09. The Hall–Kier alpha value is -0.300. The molecule has 0 fully saturated rings. The normalized spacial score (nSPS) is 14.6. The first kappa shape index (κ1) is 12.7. The summed E-state index contributed by atoms with van der Waals surface area (Å²) in [6.45, 7) is 6.51. The highest BCUT2D eigenvalue weighted by Gasteiger charge is 1.99. The van der Waals surface area contributed by atoms with Gasteiger partial charge in [-0.25, -0.2) is 0 Å². The second-order valence-corrected chi connectivity index (χ2v) is 3.93. The van der Waals surface area contributed by atoms with Crippen molar-refractivity contribution in [2.45, 2.75) is 65.3 Å². The lowest BCUT2D eigenvalue weighted by atomic mass is 10.0. The molecule has 2 N–H and O–H groups in total. The van der Waals surface area contributed by atoms with Crippen LogP contribution in [0.5, 0.6) is 0 Å². The number of allylic oxidation sites excluding steroid dienone is 2. The third-order valence-corrected chi connectivity index (χ3v) is 2.55. The van der Waals surface area contributed by atoms with Crippen molar-refractivity contribution in [3.05, 3.63) is 11.6 Å². The van der Waals surface area contributed by atoms with Gasteiger partial charge in [0, 0.05) is 6.04 Å². The van der Waals surface area contributed by atoms with Crippen molar-refractivity contribution in [1.82, 2.24) is 0 Å². The molecule has 0 amide bonds. The summed E-state index contributed by atoms with van der Waals surface area (Å²) in [5.74, 6) is 0. The van der Waals surface area contributed by atoms with Gasteiger partial charge in [0.05, 0.1) is 0 Å². The van der Waals surface area contributed by atoms with Crippen LogP contribution < -0.4 is 5.73 Å². The van der Waals surface area contributed by atoms with Crippen molar-refractivity contribution in [1.29, 1.82) is 0 Å². The molecule has 1 heteroatoms. The van der Waals surface area contributed by atoms with Gasteiger partial charge in [0.25, 0.3) is 0 Å².